The summed E-state index contributed by atoms with van der Waals surface area (Å²) in [4.78, 5) is 24.6. The van der Waals surface area contributed by atoms with E-state index in [4.69, 9.17) is 4.74 Å². The molecule has 1 aliphatic heterocycles. The zero-order valence-corrected chi connectivity index (χ0v) is 14.5. The highest BCUT2D eigenvalue weighted by Gasteiger charge is 2.29. The van der Waals surface area contributed by atoms with E-state index in [1.165, 1.54) is 18.3 Å². The van der Waals surface area contributed by atoms with Crippen molar-refractivity contribution in [2.45, 2.75) is 19.3 Å². The predicted octanol–water partition coefficient (Wildman–Crippen LogP) is 3.27. The van der Waals surface area contributed by atoms with E-state index in [-0.39, 0.29) is 24.1 Å². The number of hydrogen-bond acceptors (Lipinski definition) is 3. The van der Waals surface area contributed by atoms with Gasteiger partial charge in [-0.2, -0.15) is 0 Å². The minimum Gasteiger partial charge on any atom is -0.496 e. The molecule has 2 amide bonds. The third-order valence-corrected chi connectivity index (χ3v) is 4.44. The van der Waals surface area contributed by atoms with Crippen molar-refractivity contribution in [2.24, 2.45) is 0 Å². The maximum atomic E-state index is 13.2. The molecular formula is C20H19FN2O3. The molecular weight excluding hydrogens is 335 g/mol. The number of hydrogen-bond donors (Lipinski definition) is 2. The van der Waals surface area contributed by atoms with Crippen LogP contribution in [0.2, 0.25) is 0 Å². The summed E-state index contributed by atoms with van der Waals surface area (Å²) in [6, 6.07) is 11.2. The first kappa shape index (κ1) is 17.7. The van der Waals surface area contributed by atoms with E-state index in [0.717, 1.165) is 5.56 Å². The second-order valence-electron chi connectivity index (χ2n) is 6.06. The highest BCUT2D eigenvalue weighted by atomic mass is 19.1. The van der Waals surface area contributed by atoms with Crippen LogP contribution in [0.5, 0.6) is 5.75 Å². The molecule has 0 aliphatic carbocycles. The number of rotatable bonds is 4. The van der Waals surface area contributed by atoms with Gasteiger partial charge < -0.3 is 15.4 Å². The second kappa shape index (κ2) is 7.39. The highest BCUT2D eigenvalue weighted by molar-refractivity contribution is 6.06. The van der Waals surface area contributed by atoms with Gasteiger partial charge in [0.1, 0.15) is 11.6 Å². The normalized spacial score (nSPS) is 16.5. The van der Waals surface area contributed by atoms with Gasteiger partial charge in [0.2, 0.25) is 5.91 Å². The van der Waals surface area contributed by atoms with Gasteiger partial charge in [0, 0.05) is 35.4 Å². The van der Waals surface area contributed by atoms with Crippen LogP contribution in [-0.4, -0.2) is 18.9 Å². The molecule has 134 valence electrons. The van der Waals surface area contributed by atoms with Crippen LogP contribution in [0.1, 0.15) is 23.5 Å². The zero-order chi connectivity index (χ0) is 18.7. The number of carbonyl (C=O) groups is 2. The Kier molecular flexibility index (Phi) is 5.02. The van der Waals surface area contributed by atoms with Crippen LogP contribution in [-0.2, 0) is 9.59 Å². The third kappa shape index (κ3) is 3.59. The molecule has 1 heterocycles. The van der Waals surface area contributed by atoms with Crippen molar-refractivity contribution in [2.75, 3.05) is 12.4 Å². The Labute approximate surface area is 150 Å². The molecule has 0 bridgehead atoms. The number of anilines is 1. The summed E-state index contributed by atoms with van der Waals surface area (Å²) in [7, 11) is 1.57. The van der Waals surface area contributed by atoms with E-state index in [1.54, 1.807) is 31.4 Å². The number of nitrogens with one attached hydrogen (secondary N) is 2. The summed E-state index contributed by atoms with van der Waals surface area (Å²) in [5, 5.41) is 5.45. The molecule has 3 rings (SSSR count). The van der Waals surface area contributed by atoms with Crippen molar-refractivity contribution in [1.82, 2.24) is 5.32 Å². The Morgan fingerprint density at radius 2 is 1.96 bits per heavy atom. The summed E-state index contributed by atoms with van der Waals surface area (Å²) in [5.41, 5.74) is 2.57. The molecule has 0 saturated carbocycles. The third-order valence-electron chi connectivity index (χ3n) is 4.44. The number of methoxy groups -OCH3 is 1. The molecule has 0 radical (unpaired) electrons. The Hall–Kier alpha value is -3.15. The molecule has 0 spiro atoms. The van der Waals surface area contributed by atoms with Crippen molar-refractivity contribution in [1.29, 1.82) is 0 Å². The summed E-state index contributed by atoms with van der Waals surface area (Å²) in [6.07, 6.45) is 1.55. The summed E-state index contributed by atoms with van der Waals surface area (Å²) in [6.45, 7) is 1.85. The first-order valence-electron chi connectivity index (χ1n) is 8.19. The lowest BCUT2D eigenvalue weighted by Crippen LogP contribution is -2.32. The van der Waals surface area contributed by atoms with Crippen LogP contribution in [0.15, 0.2) is 54.2 Å². The lowest BCUT2D eigenvalue weighted by molar-refractivity contribution is -0.121. The van der Waals surface area contributed by atoms with Gasteiger partial charge in [-0.1, -0.05) is 18.2 Å². The maximum Gasteiger partial charge on any atom is 0.253 e. The van der Waals surface area contributed by atoms with E-state index >= 15 is 0 Å². The van der Waals surface area contributed by atoms with Crippen molar-refractivity contribution < 1.29 is 18.7 Å². The average Bonchev–Trinajstić information content (AvgIpc) is 2.64. The average molecular weight is 354 g/mol. The summed E-state index contributed by atoms with van der Waals surface area (Å²) < 4.78 is 18.5. The van der Waals surface area contributed by atoms with Gasteiger partial charge in [0.15, 0.2) is 0 Å². The quantitative estimate of drug-likeness (QED) is 0.886. The van der Waals surface area contributed by atoms with Crippen LogP contribution in [0.3, 0.4) is 0 Å². The van der Waals surface area contributed by atoms with Crippen molar-refractivity contribution in [3.05, 3.63) is 71.2 Å². The molecule has 0 aromatic heterocycles. The standard InChI is InChI=1S/C20H19FN2O3/c1-12-17(4-3-5-18(12)26-2)23-20(25)16-11-22-19(24)10-15(16)13-6-8-14(21)9-7-13/h3-9,11,15H,10H2,1-2H3,(H,22,24)(H,23,25). The van der Waals surface area contributed by atoms with Crippen molar-refractivity contribution >= 4 is 17.5 Å². The lowest BCUT2D eigenvalue weighted by Gasteiger charge is -2.24. The van der Waals surface area contributed by atoms with E-state index < -0.39 is 5.92 Å². The van der Waals surface area contributed by atoms with Gasteiger partial charge in [-0.15, -0.1) is 0 Å². The molecule has 2 aromatic carbocycles. The van der Waals surface area contributed by atoms with E-state index in [1.807, 2.05) is 13.0 Å². The molecule has 1 unspecified atom stereocenters. The fourth-order valence-corrected chi connectivity index (χ4v) is 2.99. The SMILES string of the molecule is COc1cccc(NC(=O)C2=CNC(=O)CC2c2ccc(F)cc2)c1C. The number of benzene rings is 2. The van der Waals surface area contributed by atoms with Crippen LogP contribution in [0.4, 0.5) is 10.1 Å². The first-order valence-corrected chi connectivity index (χ1v) is 8.19. The Bertz CT molecular complexity index is 875. The van der Waals surface area contributed by atoms with Gasteiger partial charge in [-0.3, -0.25) is 9.59 Å². The highest BCUT2D eigenvalue weighted by Crippen LogP contribution is 2.32. The van der Waals surface area contributed by atoms with Crippen LogP contribution >= 0.6 is 0 Å². The van der Waals surface area contributed by atoms with Gasteiger partial charge in [0.05, 0.1) is 7.11 Å². The van der Waals surface area contributed by atoms with Gasteiger partial charge in [0.25, 0.3) is 5.91 Å². The molecule has 26 heavy (non-hydrogen) atoms. The summed E-state index contributed by atoms with van der Waals surface area (Å²) >= 11 is 0. The summed E-state index contributed by atoms with van der Waals surface area (Å²) in [5.74, 6) is -0.640. The minimum absolute atomic E-state index is 0.127. The number of amides is 2. The molecule has 0 saturated heterocycles. The molecule has 2 N–H and O–H groups in total. The van der Waals surface area contributed by atoms with Crippen molar-refractivity contribution in [3.8, 4) is 5.75 Å². The lowest BCUT2D eigenvalue weighted by atomic mass is 9.86. The first-order chi connectivity index (χ1) is 12.5. The van der Waals surface area contributed by atoms with Gasteiger partial charge in [-0.25, -0.2) is 4.39 Å². The molecule has 1 atom stereocenters. The fraction of sp³-hybridized carbons (Fsp3) is 0.200. The van der Waals surface area contributed by atoms with Crippen LogP contribution < -0.4 is 15.4 Å². The Morgan fingerprint density at radius 3 is 2.65 bits per heavy atom. The van der Waals surface area contributed by atoms with Crippen molar-refractivity contribution in [3.63, 3.8) is 0 Å². The van der Waals surface area contributed by atoms with Gasteiger partial charge >= 0.3 is 0 Å². The van der Waals surface area contributed by atoms with Gasteiger partial charge in [-0.05, 0) is 36.8 Å². The molecule has 1 aliphatic rings. The van der Waals surface area contributed by atoms with Crippen LogP contribution in [0.25, 0.3) is 0 Å². The fourth-order valence-electron chi connectivity index (χ4n) is 2.99. The smallest absolute Gasteiger partial charge is 0.253 e. The predicted molar refractivity (Wildman–Crippen MR) is 96.3 cm³/mol. The Balaban J connectivity index is 1.89. The monoisotopic (exact) mass is 354 g/mol. The van der Waals surface area contributed by atoms with E-state index in [0.29, 0.717) is 22.6 Å². The largest absolute Gasteiger partial charge is 0.496 e. The number of ether oxygens (including phenoxy) is 1. The second-order valence-corrected chi connectivity index (χ2v) is 6.06. The minimum atomic E-state index is -0.435. The number of carbonyl (C=O) groups excluding carboxylic acids is 2. The molecule has 6 heteroatoms. The maximum absolute atomic E-state index is 13.2. The van der Waals surface area contributed by atoms with Crippen LogP contribution in [0, 0.1) is 12.7 Å². The molecule has 0 fully saturated rings. The Morgan fingerprint density at radius 1 is 1.23 bits per heavy atom. The molecule has 5 nitrogen and oxygen atoms in total. The van der Waals surface area contributed by atoms with E-state index in [9.17, 15) is 14.0 Å². The molecule has 2 aromatic rings. The zero-order valence-electron chi connectivity index (χ0n) is 14.5. The van der Waals surface area contributed by atoms with E-state index in [2.05, 4.69) is 10.6 Å². The topological polar surface area (TPSA) is 67.4 Å². The number of halogens is 1.